The molecule has 100 valence electrons. The number of hydrogen-bond donors (Lipinski definition) is 1. The van der Waals surface area contributed by atoms with Crippen molar-refractivity contribution in [3.8, 4) is 11.8 Å². The van der Waals surface area contributed by atoms with E-state index in [0.717, 1.165) is 12.1 Å². The molecule has 0 atom stereocenters. The molecule has 0 heterocycles. The zero-order valence-electron chi connectivity index (χ0n) is 10.6. The van der Waals surface area contributed by atoms with E-state index in [0.29, 0.717) is 13.0 Å². The second kappa shape index (κ2) is 6.50. The zero-order chi connectivity index (χ0) is 14.4. The maximum atomic E-state index is 13.5. The van der Waals surface area contributed by atoms with Gasteiger partial charge in [-0.25, -0.2) is 4.39 Å². The molecule has 0 aliphatic rings. The second-order valence-corrected chi connectivity index (χ2v) is 3.91. The lowest BCUT2D eigenvalue weighted by molar-refractivity contribution is -0.385. The Labute approximate surface area is 110 Å². The molecule has 0 saturated heterocycles. The van der Waals surface area contributed by atoms with Crippen LogP contribution in [0.2, 0.25) is 0 Å². The fraction of sp³-hybridized carbons (Fsp3) is 0.308. The third-order valence-corrected chi connectivity index (χ3v) is 2.33. The van der Waals surface area contributed by atoms with Gasteiger partial charge in [-0.3, -0.25) is 14.9 Å². The van der Waals surface area contributed by atoms with Crippen molar-refractivity contribution in [1.29, 1.82) is 0 Å². The molecule has 19 heavy (non-hydrogen) atoms. The molecule has 1 rings (SSSR count). The molecule has 0 spiro atoms. The molecular formula is C13H13FN2O3. The predicted octanol–water partition coefficient (Wildman–Crippen LogP) is 1.92. The molecule has 1 amide bonds. The van der Waals surface area contributed by atoms with Crippen molar-refractivity contribution in [2.45, 2.75) is 20.3 Å². The van der Waals surface area contributed by atoms with Crippen LogP contribution in [0.1, 0.15) is 24.5 Å². The van der Waals surface area contributed by atoms with Crippen LogP contribution in [0.15, 0.2) is 12.1 Å². The summed E-state index contributed by atoms with van der Waals surface area (Å²) in [6.07, 6.45) is 0.348. The summed E-state index contributed by atoms with van der Waals surface area (Å²) in [7, 11) is 0. The number of benzene rings is 1. The molecule has 1 aromatic rings. The van der Waals surface area contributed by atoms with Gasteiger partial charge in [0.1, 0.15) is 5.82 Å². The fourth-order valence-electron chi connectivity index (χ4n) is 1.41. The summed E-state index contributed by atoms with van der Waals surface area (Å²) in [5.74, 6) is 4.43. The van der Waals surface area contributed by atoms with Crippen LogP contribution in [-0.2, 0) is 4.79 Å². The van der Waals surface area contributed by atoms with Gasteiger partial charge in [0, 0.05) is 31.5 Å². The van der Waals surface area contributed by atoms with Crippen LogP contribution < -0.4 is 5.32 Å². The molecule has 0 radical (unpaired) electrons. The Hall–Kier alpha value is -2.42. The van der Waals surface area contributed by atoms with Crippen molar-refractivity contribution in [1.82, 2.24) is 5.32 Å². The largest absolute Gasteiger partial charge is 0.355 e. The van der Waals surface area contributed by atoms with E-state index in [1.807, 2.05) is 0 Å². The van der Waals surface area contributed by atoms with Gasteiger partial charge < -0.3 is 5.32 Å². The van der Waals surface area contributed by atoms with Crippen LogP contribution >= 0.6 is 0 Å². The molecule has 6 heteroatoms. The van der Waals surface area contributed by atoms with E-state index in [1.165, 1.54) is 13.8 Å². The zero-order valence-corrected chi connectivity index (χ0v) is 10.6. The standard InChI is InChI=1S/C13H13FN2O3/c1-9-7-12(14)11(8-13(9)16(18)19)5-3-4-6-15-10(2)17/h7-8H,4,6H2,1-2H3,(H,15,17). The van der Waals surface area contributed by atoms with Crippen LogP contribution in [0.25, 0.3) is 0 Å². The number of hydrogen-bond acceptors (Lipinski definition) is 3. The lowest BCUT2D eigenvalue weighted by Gasteiger charge is -1.99. The quantitative estimate of drug-likeness (QED) is 0.392. The minimum absolute atomic E-state index is 0.0138. The van der Waals surface area contributed by atoms with Gasteiger partial charge in [0.2, 0.25) is 5.91 Å². The van der Waals surface area contributed by atoms with Crippen molar-refractivity contribution in [3.05, 3.63) is 39.2 Å². The van der Waals surface area contributed by atoms with Gasteiger partial charge in [-0.05, 0) is 13.0 Å². The first-order valence-electron chi connectivity index (χ1n) is 5.59. The van der Waals surface area contributed by atoms with Gasteiger partial charge in [0.15, 0.2) is 0 Å². The van der Waals surface area contributed by atoms with Gasteiger partial charge in [-0.2, -0.15) is 0 Å². The van der Waals surface area contributed by atoms with Crippen molar-refractivity contribution < 1.29 is 14.1 Å². The minimum atomic E-state index is -0.588. The van der Waals surface area contributed by atoms with E-state index in [9.17, 15) is 19.3 Å². The molecule has 1 N–H and O–H groups in total. The number of carbonyl (C=O) groups is 1. The van der Waals surface area contributed by atoms with Gasteiger partial charge in [0.25, 0.3) is 5.69 Å². The summed E-state index contributed by atoms with van der Waals surface area (Å²) in [5.41, 5.74) is 0.0824. The Morgan fingerprint density at radius 3 is 2.79 bits per heavy atom. The highest BCUT2D eigenvalue weighted by atomic mass is 19.1. The first kappa shape index (κ1) is 14.6. The summed E-state index contributed by atoms with van der Waals surface area (Å²) in [4.78, 5) is 20.7. The molecule has 0 saturated carbocycles. The fourth-order valence-corrected chi connectivity index (χ4v) is 1.41. The van der Waals surface area contributed by atoms with Crippen molar-refractivity contribution in [2.24, 2.45) is 0 Å². The topological polar surface area (TPSA) is 72.2 Å². The first-order chi connectivity index (χ1) is 8.91. The Bertz CT molecular complexity index is 573. The number of aryl methyl sites for hydroxylation is 1. The molecule has 0 aliphatic carbocycles. The van der Waals surface area contributed by atoms with Crippen LogP contribution in [0.3, 0.4) is 0 Å². The molecule has 5 nitrogen and oxygen atoms in total. The third kappa shape index (κ3) is 4.39. The molecule has 0 aromatic heterocycles. The summed E-state index contributed by atoms with van der Waals surface area (Å²) in [6, 6.07) is 2.21. The number of nitro groups is 1. The van der Waals surface area contributed by atoms with E-state index in [4.69, 9.17) is 0 Å². The minimum Gasteiger partial charge on any atom is -0.355 e. The van der Waals surface area contributed by atoms with E-state index in [-0.39, 0.29) is 22.7 Å². The lowest BCUT2D eigenvalue weighted by atomic mass is 10.1. The average molecular weight is 264 g/mol. The van der Waals surface area contributed by atoms with E-state index >= 15 is 0 Å². The number of nitrogens with one attached hydrogen (secondary N) is 1. The highest BCUT2D eigenvalue weighted by Crippen LogP contribution is 2.21. The van der Waals surface area contributed by atoms with E-state index in [2.05, 4.69) is 17.2 Å². The van der Waals surface area contributed by atoms with Gasteiger partial charge in [-0.15, -0.1) is 0 Å². The number of rotatable bonds is 3. The number of nitrogens with zero attached hydrogens (tertiary/aromatic N) is 1. The Morgan fingerprint density at radius 2 is 2.21 bits per heavy atom. The molecule has 0 fully saturated rings. The Balaban J connectivity index is 2.84. The van der Waals surface area contributed by atoms with Gasteiger partial charge >= 0.3 is 0 Å². The molecule has 0 aliphatic heterocycles. The number of carbonyl (C=O) groups excluding carboxylic acids is 1. The summed E-state index contributed by atoms with van der Waals surface area (Å²) >= 11 is 0. The smallest absolute Gasteiger partial charge is 0.273 e. The molecular weight excluding hydrogens is 251 g/mol. The number of nitro benzene ring substituents is 1. The molecule has 0 bridgehead atoms. The number of halogens is 1. The average Bonchev–Trinajstić information content (AvgIpc) is 2.30. The van der Waals surface area contributed by atoms with Crippen molar-refractivity contribution >= 4 is 11.6 Å². The van der Waals surface area contributed by atoms with E-state index < -0.39 is 10.7 Å². The molecule has 0 unspecified atom stereocenters. The normalized spacial score (nSPS) is 9.42. The van der Waals surface area contributed by atoms with Gasteiger partial charge in [0.05, 0.1) is 10.5 Å². The first-order valence-corrected chi connectivity index (χ1v) is 5.59. The van der Waals surface area contributed by atoms with Crippen molar-refractivity contribution in [2.75, 3.05) is 6.54 Å². The maximum absolute atomic E-state index is 13.5. The number of amides is 1. The second-order valence-electron chi connectivity index (χ2n) is 3.91. The van der Waals surface area contributed by atoms with Crippen LogP contribution in [0, 0.1) is 34.7 Å². The maximum Gasteiger partial charge on any atom is 0.273 e. The SMILES string of the molecule is CC(=O)NCCC#Cc1cc([N+](=O)[O-])c(C)cc1F. The summed E-state index contributed by atoms with van der Waals surface area (Å²) in [5, 5.41) is 13.3. The van der Waals surface area contributed by atoms with Crippen molar-refractivity contribution in [3.63, 3.8) is 0 Å². The Morgan fingerprint density at radius 1 is 1.53 bits per heavy atom. The monoisotopic (exact) mass is 264 g/mol. The van der Waals surface area contributed by atoms with Crippen LogP contribution in [0.4, 0.5) is 10.1 Å². The summed E-state index contributed by atoms with van der Waals surface area (Å²) in [6.45, 7) is 3.21. The predicted molar refractivity (Wildman–Crippen MR) is 68.0 cm³/mol. The van der Waals surface area contributed by atoms with Crippen LogP contribution in [0.5, 0.6) is 0 Å². The highest BCUT2D eigenvalue weighted by molar-refractivity contribution is 5.72. The van der Waals surface area contributed by atoms with Gasteiger partial charge in [-0.1, -0.05) is 11.8 Å². The third-order valence-electron chi connectivity index (χ3n) is 2.33. The summed E-state index contributed by atoms with van der Waals surface area (Å²) < 4.78 is 13.5. The van der Waals surface area contributed by atoms with E-state index in [1.54, 1.807) is 0 Å². The van der Waals surface area contributed by atoms with Crippen LogP contribution in [-0.4, -0.2) is 17.4 Å². The molecule has 1 aromatic carbocycles. The Kier molecular flexibility index (Phi) is 5.01. The lowest BCUT2D eigenvalue weighted by Crippen LogP contribution is -2.20. The highest BCUT2D eigenvalue weighted by Gasteiger charge is 2.14.